The number of rotatable bonds is 5. The number of aliphatic hydroxyl groups excluding tert-OH is 1. The van der Waals surface area contributed by atoms with Gasteiger partial charge in [0.05, 0.1) is 6.10 Å². The number of aliphatic hydroxyl groups is 1. The fraction of sp³-hybridized carbons (Fsp3) is 0.933. The molecule has 0 aromatic heterocycles. The molecule has 0 aliphatic carbocycles. The summed E-state index contributed by atoms with van der Waals surface area (Å²) >= 11 is 0. The molecule has 2 heterocycles. The molecule has 3 unspecified atom stereocenters. The van der Waals surface area contributed by atoms with Crippen LogP contribution in [-0.2, 0) is 4.74 Å². The van der Waals surface area contributed by atoms with E-state index >= 15 is 0 Å². The first kappa shape index (κ1) is 15.6. The zero-order valence-corrected chi connectivity index (χ0v) is 12.4. The Bertz CT molecular complexity index is 318. The van der Waals surface area contributed by atoms with Gasteiger partial charge in [0, 0.05) is 19.5 Å². The summed E-state index contributed by atoms with van der Waals surface area (Å²) in [6, 6.07) is 0. The first-order chi connectivity index (χ1) is 9.69. The normalized spacial score (nSPS) is 27.9. The number of nitriles is 1. The largest absolute Gasteiger partial charge is 0.368 e. The lowest BCUT2D eigenvalue weighted by Crippen LogP contribution is -2.38. The smallest absolute Gasteiger partial charge is 0.179 e. The van der Waals surface area contributed by atoms with Crippen molar-refractivity contribution in [3.8, 4) is 6.19 Å². The summed E-state index contributed by atoms with van der Waals surface area (Å²) in [5.74, 6) is 0.991. The van der Waals surface area contributed by atoms with E-state index in [0.717, 1.165) is 45.4 Å². The molecule has 2 N–H and O–H groups in total. The Hall–Kier alpha value is -0.830. The Morgan fingerprint density at radius 3 is 2.75 bits per heavy atom. The second kappa shape index (κ2) is 7.82. The fourth-order valence-corrected chi connectivity index (χ4v) is 3.29. The van der Waals surface area contributed by atoms with Crippen molar-refractivity contribution in [2.45, 2.75) is 51.4 Å². The summed E-state index contributed by atoms with van der Waals surface area (Å²) in [6.45, 7) is 5.78. The molecule has 0 saturated carbocycles. The van der Waals surface area contributed by atoms with Gasteiger partial charge in [0.25, 0.3) is 0 Å². The lowest BCUT2D eigenvalue weighted by molar-refractivity contribution is -0.158. The van der Waals surface area contributed by atoms with Crippen LogP contribution < -0.4 is 5.32 Å². The molecule has 3 atom stereocenters. The standard InChI is InChI=1S/C15H27N3O2/c1-12(14-4-7-18(11-16)8-5-14)20-15(19)9-13-3-2-6-17-10-13/h12-15,17,19H,2-10H2,1H3. The van der Waals surface area contributed by atoms with Gasteiger partial charge in [0.2, 0.25) is 0 Å². The van der Waals surface area contributed by atoms with Crippen LogP contribution in [0.5, 0.6) is 0 Å². The van der Waals surface area contributed by atoms with Crippen molar-refractivity contribution in [1.29, 1.82) is 5.26 Å². The summed E-state index contributed by atoms with van der Waals surface area (Å²) in [5, 5.41) is 22.3. The molecule has 0 spiro atoms. The molecule has 5 nitrogen and oxygen atoms in total. The van der Waals surface area contributed by atoms with E-state index in [1.165, 1.54) is 12.8 Å². The first-order valence-electron chi connectivity index (χ1n) is 7.88. The van der Waals surface area contributed by atoms with E-state index in [2.05, 4.69) is 18.4 Å². The van der Waals surface area contributed by atoms with Crippen molar-refractivity contribution >= 4 is 0 Å². The first-order valence-corrected chi connectivity index (χ1v) is 7.88. The molecule has 2 aliphatic rings. The zero-order chi connectivity index (χ0) is 14.4. The predicted molar refractivity (Wildman–Crippen MR) is 76.7 cm³/mol. The molecule has 2 rings (SSSR count). The summed E-state index contributed by atoms with van der Waals surface area (Å²) < 4.78 is 5.79. The maximum absolute atomic E-state index is 10.1. The molecule has 5 heteroatoms. The molecule has 2 saturated heterocycles. The summed E-state index contributed by atoms with van der Waals surface area (Å²) in [6.07, 6.45) is 6.68. The Labute approximate surface area is 121 Å². The van der Waals surface area contributed by atoms with Crippen LogP contribution >= 0.6 is 0 Å². The van der Waals surface area contributed by atoms with Crippen LogP contribution in [0.4, 0.5) is 0 Å². The minimum absolute atomic E-state index is 0.0717. The van der Waals surface area contributed by atoms with Crippen LogP contribution in [0.1, 0.15) is 39.0 Å². The van der Waals surface area contributed by atoms with Crippen molar-refractivity contribution < 1.29 is 9.84 Å². The number of ether oxygens (including phenoxy) is 1. The number of hydrogen-bond donors (Lipinski definition) is 2. The molecule has 2 fully saturated rings. The number of nitrogens with zero attached hydrogens (tertiary/aromatic N) is 2. The van der Waals surface area contributed by atoms with E-state index in [9.17, 15) is 5.11 Å². The molecular weight excluding hydrogens is 254 g/mol. The molecule has 20 heavy (non-hydrogen) atoms. The van der Waals surface area contributed by atoms with Gasteiger partial charge in [0.1, 0.15) is 0 Å². The van der Waals surface area contributed by atoms with Crippen molar-refractivity contribution in [3.63, 3.8) is 0 Å². The van der Waals surface area contributed by atoms with Crippen LogP contribution in [0.2, 0.25) is 0 Å². The van der Waals surface area contributed by atoms with Crippen LogP contribution in [0, 0.1) is 23.3 Å². The van der Waals surface area contributed by atoms with E-state index < -0.39 is 6.29 Å². The van der Waals surface area contributed by atoms with Gasteiger partial charge in [-0.2, -0.15) is 5.26 Å². The van der Waals surface area contributed by atoms with Crippen LogP contribution in [0.3, 0.4) is 0 Å². The number of hydrogen-bond acceptors (Lipinski definition) is 5. The minimum atomic E-state index is -0.649. The third-order valence-electron chi connectivity index (χ3n) is 4.65. The van der Waals surface area contributed by atoms with E-state index in [-0.39, 0.29) is 6.10 Å². The van der Waals surface area contributed by atoms with Gasteiger partial charge in [-0.05, 0) is 57.5 Å². The molecule has 114 valence electrons. The number of piperidine rings is 2. The van der Waals surface area contributed by atoms with Crippen molar-refractivity contribution in [1.82, 2.24) is 10.2 Å². The summed E-state index contributed by atoms with van der Waals surface area (Å²) in [7, 11) is 0. The van der Waals surface area contributed by atoms with Crippen molar-refractivity contribution in [3.05, 3.63) is 0 Å². The second-order valence-electron chi connectivity index (χ2n) is 6.17. The highest BCUT2D eigenvalue weighted by molar-refractivity contribution is 4.83. The monoisotopic (exact) mass is 281 g/mol. The topological polar surface area (TPSA) is 68.5 Å². The maximum Gasteiger partial charge on any atom is 0.179 e. The predicted octanol–water partition coefficient (Wildman–Crippen LogP) is 1.29. The Kier molecular flexibility index (Phi) is 6.08. The summed E-state index contributed by atoms with van der Waals surface area (Å²) in [5.41, 5.74) is 0. The van der Waals surface area contributed by atoms with Gasteiger partial charge in [-0.25, -0.2) is 0 Å². The van der Waals surface area contributed by atoms with Crippen LogP contribution in [0.25, 0.3) is 0 Å². The third-order valence-corrected chi connectivity index (χ3v) is 4.65. The second-order valence-corrected chi connectivity index (χ2v) is 6.17. The van der Waals surface area contributed by atoms with E-state index in [1.54, 1.807) is 4.90 Å². The van der Waals surface area contributed by atoms with Crippen molar-refractivity contribution in [2.24, 2.45) is 11.8 Å². The van der Waals surface area contributed by atoms with E-state index in [0.29, 0.717) is 11.8 Å². The van der Waals surface area contributed by atoms with Gasteiger partial charge in [-0.3, -0.25) is 0 Å². The van der Waals surface area contributed by atoms with Gasteiger partial charge in [-0.1, -0.05) is 0 Å². The molecule has 0 radical (unpaired) electrons. The SMILES string of the molecule is CC(OC(O)CC1CCCNC1)C1CCN(C#N)CC1. The maximum atomic E-state index is 10.1. The number of likely N-dealkylation sites (tertiary alicyclic amines) is 1. The highest BCUT2D eigenvalue weighted by atomic mass is 16.6. The van der Waals surface area contributed by atoms with Gasteiger partial charge in [0.15, 0.2) is 12.5 Å². The molecule has 0 aromatic rings. The highest BCUT2D eigenvalue weighted by Crippen LogP contribution is 2.24. The Balaban J connectivity index is 1.68. The Morgan fingerprint density at radius 1 is 1.40 bits per heavy atom. The summed E-state index contributed by atoms with van der Waals surface area (Å²) in [4.78, 5) is 1.80. The highest BCUT2D eigenvalue weighted by Gasteiger charge is 2.26. The average Bonchev–Trinajstić information content (AvgIpc) is 2.48. The lowest BCUT2D eigenvalue weighted by atomic mass is 9.92. The van der Waals surface area contributed by atoms with E-state index in [4.69, 9.17) is 10.00 Å². The molecular formula is C15H27N3O2. The van der Waals surface area contributed by atoms with Crippen LogP contribution in [0.15, 0.2) is 0 Å². The molecule has 0 amide bonds. The average molecular weight is 281 g/mol. The zero-order valence-electron chi connectivity index (χ0n) is 12.4. The van der Waals surface area contributed by atoms with Crippen LogP contribution in [-0.4, -0.2) is 48.6 Å². The molecule has 0 bridgehead atoms. The fourth-order valence-electron chi connectivity index (χ4n) is 3.29. The van der Waals surface area contributed by atoms with E-state index in [1.807, 2.05) is 0 Å². The quantitative estimate of drug-likeness (QED) is 0.587. The lowest BCUT2D eigenvalue weighted by Gasteiger charge is -2.33. The van der Waals surface area contributed by atoms with Gasteiger partial charge >= 0.3 is 0 Å². The minimum Gasteiger partial charge on any atom is -0.368 e. The van der Waals surface area contributed by atoms with Gasteiger partial charge < -0.3 is 20.1 Å². The molecule has 0 aromatic carbocycles. The number of nitrogens with one attached hydrogen (secondary N) is 1. The molecule has 2 aliphatic heterocycles. The third kappa shape index (κ3) is 4.62. The Morgan fingerprint density at radius 2 is 2.15 bits per heavy atom. The van der Waals surface area contributed by atoms with Crippen molar-refractivity contribution in [2.75, 3.05) is 26.2 Å². The van der Waals surface area contributed by atoms with Gasteiger partial charge in [-0.15, -0.1) is 0 Å².